The van der Waals surface area contributed by atoms with Crippen LogP contribution in [0.4, 0.5) is 14.5 Å². The van der Waals surface area contributed by atoms with Crippen LogP contribution in [0, 0.1) is 11.6 Å². The number of nitrogens with one attached hydrogen (secondary N) is 2. The Kier molecular flexibility index (Phi) is 6.04. The molecule has 6 heteroatoms. The largest absolute Gasteiger partial charge is 0.489 e. The zero-order chi connectivity index (χ0) is 18.4. The molecule has 134 valence electrons. The monoisotopic (exact) mass is 374 g/mol. The lowest BCUT2D eigenvalue weighted by Crippen LogP contribution is -2.21. The van der Waals surface area contributed by atoms with Gasteiger partial charge in [0, 0.05) is 28.9 Å². The van der Waals surface area contributed by atoms with Crippen molar-refractivity contribution < 1.29 is 13.5 Å². The van der Waals surface area contributed by atoms with Crippen LogP contribution in [0.25, 0.3) is 0 Å². The summed E-state index contributed by atoms with van der Waals surface area (Å²) < 4.78 is 32.3. The first-order chi connectivity index (χ1) is 12.6. The van der Waals surface area contributed by atoms with Gasteiger partial charge in [0.1, 0.15) is 24.0 Å². The molecule has 26 heavy (non-hydrogen) atoms. The van der Waals surface area contributed by atoms with E-state index in [0.717, 1.165) is 17.3 Å². The normalized spacial score (nSPS) is 10.6. The molecule has 3 aromatic rings. The van der Waals surface area contributed by atoms with Crippen molar-refractivity contribution in [2.24, 2.45) is 0 Å². The fourth-order valence-corrected chi connectivity index (χ4v) is 2.64. The summed E-state index contributed by atoms with van der Waals surface area (Å²) in [5.74, 6) is -0.677. The maximum atomic E-state index is 13.3. The topological polar surface area (TPSA) is 33.3 Å². The van der Waals surface area contributed by atoms with Crippen molar-refractivity contribution in [2.75, 3.05) is 5.43 Å². The Hall–Kier alpha value is -2.63. The molecule has 3 rings (SSSR count). The molecule has 0 amide bonds. The molecule has 3 aromatic carbocycles. The zero-order valence-corrected chi connectivity index (χ0v) is 14.6. The highest BCUT2D eigenvalue weighted by Crippen LogP contribution is 2.24. The molecule has 0 aliphatic rings. The number of benzene rings is 3. The van der Waals surface area contributed by atoms with E-state index in [4.69, 9.17) is 16.3 Å². The SMILES string of the molecule is Fc1cc(F)cc(COc2ccc(Cl)cc2CNNc2ccccc2)c1. The number of hydrazine groups is 1. The molecule has 0 aliphatic carbocycles. The molecular formula is C20H17ClF2N2O. The third kappa shape index (κ3) is 5.18. The van der Waals surface area contributed by atoms with Crippen LogP contribution in [0.15, 0.2) is 66.7 Å². The van der Waals surface area contributed by atoms with Crippen LogP contribution in [-0.4, -0.2) is 0 Å². The first-order valence-electron chi connectivity index (χ1n) is 8.00. The predicted molar refractivity (Wildman–Crippen MR) is 99.0 cm³/mol. The number of rotatable bonds is 7. The van der Waals surface area contributed by atoms with Crippen LogP contribution in [0.1, 0.15) is 11.1 Å². The molecule has 0 saturated heterocycles. The van der Waals surface area contributed by atoms with Gasteiger partial charge in [0.25, 0.3) is 0 Å². The van der Waals surface area contributed by atoms with E-state index >= 15 is 0 Å². The van der Waals surface area contributed by atoms with E-state index in [1.165, 1.54) is 12.1 Å². The molecule has 0 spiro atoms. The van der Waals surface area contributed by atoms with E-state index in [1.54, 1.807) is 18.2 Å². The van der Waals surface area contributed by atoms with E-state index in [9.17, 15) is 8.78 Å². The Bertz CT molecular complexity index is 855. The van der Waals surface area contributed by atoms with Gasteiger partial charge < -0.3 is 10.2 Å². The summed E-state index contributed by atoms with van der Waals surface area (Å²) >= 11 is 6.07. The summed E-state index contributed by atoms with van der Waals surface area (Å²) in [4.78, 5) is 0. The zero-order valence-electron chi connectivity index (χ0n) is 13.8. The quantitative estimate of drug-likeness (QED) is 0.549. The summed E-state index contributed by atoms with van der Waals surface area (Å²) in [5.41, 5.74) is 8.33. The molecule has 0 heterocycles. The highest BCUT2D eigenvalue weighted by atomic mass is 35.5. The molecule has 0 unspecified atom stereocenters. The average molecular weight is 375 g/mol. The summed E-state index contributed by atoms with van der Waals surface area (Å²) in [6.07, 6.45) is 0. The second-order valence-electron chi connectivity index (χ2n) is 5.66. The minimum absolute atomic E-state index is 0.0510. The highest BCUT2D eigenvalue weighted by molar-refractivity contribution is 6.30. The molecule has 2 N–H and O–H groups in total. The van der Waals surface area contributed by atoms with Gasteiger partial charge in [-0.2, -0.15) is 0 Å². The number of hydrogen-bond donors (Lipinski definition) is 2. The molecule has 0 saturated carbocycles. The first kappa shape index (κ1) is 18.2. The van der Waals surface area contributed by atoms with Crippen molar-refractivity contribution in [3.05, 3.63) is 94.5 Å². The van der Waals surface area contributed by atoms with Crippen LogP contribution in [0.5, 0.6) is 5.75 Å². The van der Waals surface area contributed by atoms with Gasteiger partial charge in [-0.25, -0.2) is 14.2 Å². The molecule has 0 atom stereocenters. The molecule has 0 radical (unpaired) electrons. The standard InChI is InChI=1S/C20H17ClF2N2O/c21-16-6-7-20(26-13-14-8-17(22)11-18(23)9-14)15(10-16)12-24-25-19-4-2-1-3-5-19/h1-11,24-25H,12-13H2. The van der Waals surface area contributed by atoms with Gasteiger partial charge in [0.05, 0.1) is 0 Å². The van der Waals surface area contributed by atoms with E-state index in [0.29, 0.717) is 22.9 Å². The van der Waals surface area contributed by atoms with E-state index in [1.807, 2.05) is 30.3 Å². The van der Waals surface area contributed by atoms with Crippen molar-refractivity contribution in [3.8, 4) is 5.75 Å². The van der Waals surface area contributed by atoms with Crippen molar-refractivity contribution in [3.63, 3.8) is 0 Å². The molecular weight excluding hydrogens is 358 g/mol. The predicted octanol–water partition coefficient (Wildman–Crippen LogP) is 5.31. The van der Waals surface area contributed by atoms with Gasteiger partial charge in [0.15, 0.2) is 0 Å². The van der Waals surface area contributed by atoms with Gasteiger partial charge in [-0.1, -0.05) is 29.8 Å². The summed E-state index contributed by atoms with van der Waals surface area (Å²) in [6, 6.07) is 18.2. The Balaban J connectivity index is 1.65. The molecule has 0 fully saturated rings. The number of para-hydroxylation sites is 1. The maximum absolute atomic E-state index is 13.3. The second kappa shape index (κ2) is 8.65. The smallest absolute Gasteiger partial charge is 0.126 e. The lowest BCUT2D eigenvalue weighted by molar-refractivity contribution is 0.301. The average Bonchev–Trinajstić information content (AvgIpc) is 2.61. The van der Waals surface area contributed by atoms with Crippen LogP contribution in [0.3, 0.4) is 0 Å². The van der Waals surface area contributed by atoms with Gasteiger partial charge >= 0.3 is 0 Å². The van der Waals surface area contributed by atoms with Crippen molar-refractivity contribution in [2.45, 2.75) is 13.2 Å². The third-order valence-corrected chi connectivity index (χ3v) is 3.86. The Morgan fingerprint density at radius 2 is 1.62 bits per heavy atom. The van der Waals surface area contributed by atoms with E-state index in [2.05, 4.69) is 10.9 Å². The Morgan fingerprint density at radius 1 is 0.885 bits per heavy atom. The highest BCUT2D eigenvalue weighted by Gasteiger charge is 2.07. The fourth-order valence-electron chi connectivity index (χ4n) is 2.45. The van der Waals surface area contributed by atoms with Crippen molar-refractivity contribution in [1.29, 1.82) is 0 Å². The van der Waals surface area contributed by atoms with Crippen molar-refractivity contribution >= 4 is 17.3 Å². The minimum Gasteiger partial charge on any atom is -0.489 e. The molecule has 0 bridgehead atoms. The van der Waals surface area contributed by atoms with Gasteiger partial charge in [0.2, 0.25) is 0 Å². The number of ether oxygens (including phenoxy) is 1. The van der Waals surface area contributed by atoms with Crippen LogP contribution >= 0.6 is 11.6 Å². The fraction of sp³-hybridized carbons (Fsp3) is 0.100. The number of hydrogen-bond acceptors (Lipinski definition) is 3. The summed E-state index contributed by atoms with van der Waals surface area (Å²) in [5, 5.41) is 0.575. The lowest BCUT2D eigenvalue weighted by Gasteiger charge is -2.14. The third-order valence-electron chi connectivity index (χ3n) is 3.62. The van der Waals surface area contributed by atoms with Crippen LogP contribution < -0.4 is 15.6 Å². The summed E-state index contributed by atoms with van der Waals surface area (Å²) in [6.45, 7) is 0.498. The van der Waals surface area contributed by atoms with E-state index < -0.39 is 11.6 Å². The molecule has 3 nitrogen and oxygen atoms in total. The summed E-state index contributed by atoms with van der Waals surface area (Å²) in [7, 11) is 0. The second-order valence-corrected chi connectivity index (χ2v) is 6.10. The minimum atomic E-state index is -0.631. The Labute approximate surface area is 155 Å². The Morgan fingerprint density at radius 3 is 2.35 bits per heavy atom. The first-order valence-corrected chi connectivity index (χ1v) is 8.38. The number of anilines is 1. The lowest BCUT2D eigenvalue weighted by atomic mass is 10.2. The van der Waals surface area contributed by atoms with Gasteiger partial charge in [-0.3, -0.25) is 0 Å². The van der Waals surface area contributed by atoms with Crippen LogP contribution in [-0.2, 0) is 13.2 Å². The van der Waals surface area contributed by atoms with E-state index in [-0.39, 0.29) is 6.61 Å². The molecule has 0 aromatic heterocycles. The molecule has 0 aliphatic heterocycles. The number of halogens is 3. The van der Waals surface area contributed by atoms with Gasteiger partial charge in [-0.15, -0.1) is 0 Å². The van der Waals surface area contributed by atoms with Crippen LogP contribution in [0.2, 0.25) is 5.02 Å². The maximum Gasteiger partial charge on any atom is 0.126 e. The van der Waals surface area contributed by atoms with Gasteiger partial charge in [-0.05, 0) is 48.0 Å². The van der Waals surface area contributed by atoms with Crippen molar-refractivity contribution in [1.82, 2.24) is 5.43 Å².